The lowest BCUT2D eigenvalue weighted by atomic mass is 9.79. The minimum Gasteiger partial charge on any atom is -0.467 e. The number of sulfone groups is 1. The average molecular weight is 382 g/mol. The number of amides is 1. The highest BCUT2D eigenvalue weighted by atomic mass is 32.2. The predicted molar refractivity (Wildman–Crippen MR) is 101 cm³/mol. The van der Waals surface area contributed by atoms with Crippen molar-refractivity contribution in [2.24, 2.45) is 11.8 Å². The van der Waals surface area contributed by atoms with E-state index in [0.29, 0.717) is 13.0 Å². The van der Waals surface area contributed by atoms with Crippen LogP contribution in [0.15, 0.2) is 22.8 Å². The summed E-state index contributed by atoms with van der Waals surface area (Å²) in [7, 11) is -3.03. The van der Waals surface area contributed by atoms with E-state index in [1.807, 2.05) is 12.1 Å². The van der Waals surface area contributed by atoms with Crippen LogP contribution in [0.1, 0.15) is 64.1 Å². The Kier molecular flexibility index (Phi) is 6.43. The van der Waals surface area contributed by atoms with Crippen LogP contribution in [0.3, 0.4) is 0 Å². The lowest BCUT2D eigenvalue weighted by molar-refractivity contribution is -0.139. The first kappa shape index (κ1) is 19.5. The van der Waals surface area contributed by atoms with Crippen LogP contribution in [0, 0.1) is 11.8 Å². The van der Waals surface area contributed by atoms with Gasteiger partial charge in [-0.3, -0.25) is 4.79 Å². The Hall–Kier alpha value is -1.30. The Morgan fingerprint density at radius 1 is 1.23 bits per heavy atom. The van der Waals surface area contributed by atoms with E-state index < -0.39 is 9.84 Å². The third-order valence-electron chi connectivity index (χ3n) is 6.00. The molecule has 1 aliphatic carbocycles. The molecule has 1 saturated carbocycles. The standard InChI is InChI=1S/C20H31NO4S/c1-2-3-5-16-7-9-17(10-8-16)20(22)21(14-19-6-4-12-25-19)18-11-13-26(23,24)15-18/h4,6,12,16-18H,2-3,5,7-11,13-15H2,1H3/t16?,17?,18-/m1/s1. The van der Waals surface area contributed by atoms with E-state index in [1.165, 1.54) is 19.3 Å². The zero-order chi connectivity index (χ0) is 18.6. The monoisotopic (exact) mass is 381 g/mol. The summed E-state index contributed by atoms with van der Waals surface area (Å²) in [4.78, 5) is 15.0. The normalized spacial score (nSPS) is 28.1. The fourth-order valence-electron chi connectivity index (χ4n) is 4.40. The number of carbonyl (C=O) groups is 1. The quantitative estimate of drug-likeness (QED) is 0.721. The van der Waals surface area contributed by atoms with Crippen LogP contribution in [-0.4, -0.2) is 36.8 Å². The molecule has 5 nitrogen and oxygen atoms in total. The number of hydrogen-bond donors (Lipinski definition) is 0. The molecule has 0 bridgehead atoms. The van der Waals surface area contributed by atoms with Crippen LogP contribution in [-0.2, 0) is 21.2 Å². The maximum Gasteiger partial charge on any atom is 0.226 e. The number of carbonyl (C=O) groups excluding carboxylic acids is 1. The van der Waals surface area contributed by atoms with E-state index in [2.05, 4.69) is 6.92 Å². The second-order valence-electron chi connectivity index (χ2n) is 7.96. The molecule has 1 aliphatic heterocycles. The minimum absolute atomic E-state index is 0.0335. The molecule has 1 aromatic heterocycles. The average Bonchev–Trinajstić information content (AvgIpc) is 3.27. The summed E-state index contributed by atoms with van der Waals surface area (Å²) in [5, 5.41) is 0. The summed E-state index contributed by atoms with van der Waals surface area (Å²) in [5.41, 5.74) is 0. The van der Waals surface area contributed by atoms with Crippen molar-refractivity contribution in [2.45, 2.75) is 70.9 Å². The molecule has 2 fully saturated rings. The zero-order valence-electron chi connectivity index (χ0n) is 15.7. The van der Waals surface area contributed by atoms with E-state index in [0.717, 1.165) is 37.4 Å². The Balaban J connectivity index is 1.65. The van der Waals surface area contributed by atoms with Gasteiger partial charge in [0.05, 0.1) is 24.3 Å². The third kappa shape index (κ3) is 4.90. The second-order valence-corrected chi connectivity index (χ2v) is 10.2. The predicted octanol–water partition coefficient (Wildman–Crippen LogP) is 3.79. The highest BCUT2D eigenvalue weighted by molar-refractivity contribution is 7.91. The molecule has 26 heavy (non-hydrogen) atoms. The molecule has 0 radical (unpaired) electrons. The third-order valence-corrected chi connectivity index (χ3v) is 7.75. The van der Waals surface area contributed by atoms with Gasteiger partial charge in [-0.25, -0.2) is 8.42 Å². The molecule has 1 amide bonds. The summed E-state index contributed by atoms with van der Waals surface area (Å²) in [6, 6.07) is 3.45. The smallest absolute Gasteiger partial charge is 0.226 e. The number of furan rings is 1. The van der Waals surface area contributed by atoms with Gasteiger partial charge >= 0.3 is 0 Å². The van der Waals surface area contributed by atoms with Gasteiger partial charge in [0, 0.05) is 12.0 Å². The van der Waals surface area contributed by atoms with Gasteiger partial charge in [0.1, 0.15) is 5.76 Å². The number of rotatable bonds is 7. The lowest BCUT2D eigenvalue weighted by Gasteiger charge is -2.34. The first-order valence-corrected chi connectivity index (χ1v) is 11.8. The highest BCUT2D eigenvalue weighted by Gasteiger charge is 2.38. The van der Waals surface area contributed by atoms with Crippen molar-refractivity contribution in [3.8, 4) is 0 Å². The van der Waals surface area contributed by atoms with Gasteiger partial charge in [-0.05, 0) is 50.2 Å². The van der Waals surface area contributed by atoms with Crippen molar-refractivity contribution in [3.05, 3.63) is 24.2 Å². The summed E-state index contributed by atoms with van der Waals surface area (Å²) in [6.07, 6.45) is 10.0. The Morgan fingerprint density at radius 2 is 2.00 bits per heavy atom. The maximum atomic E-state index is 13.2. The number of hydrogen-bond acceptors (Lipinski definition) is 4. The molecule has 6 heteroatoms. The molecule has 0 N–H and O–H groups in total. The summed E-state index contributed by atoms with van der Waals surface area (Å²) in [5.74, 6) is 1.90. The fourth-order valence-corrected chi connectivity index (χ4v) is 6.13. The zero-order valence-corrected chi connectivity index (χ0v) is 16.5. The van der Waals surface area contributed by atoms with Crippen molar-refractivity contribution < 1.29 is 17.6 Å². The maximum absolute atomic E-state index is 13.2. The molecule has 2 heterocycles. The van der Waals surface area contributed by atoms with Crippen molar-refractivity contribution in [1.82, 2.24) is 4.90 Å². The molecule has 0 spiro atoms. The van der Waals surface area contributed by atoms with Gasteiger partial charge in [-0.1, -0.05) is 26.2 Å². The van der Waals surface area contributed by atoms with Crippen LogP contribution >= 0.6 is 0 Å². The van der Waals surface area contributed by atoms with Gasteiger partial charge in [0.2, 0.25) is 5.91 Å². The van der Waals surface area contributed by atoms with Crippen LogP contribution in [0.5, 0.6) is 0 Å². The molecule has 0 unspecified atom stereocenters. The number of nitrogens with zero attached hydrogens (tertiary/aromatic N) is 1. The molecule has 0 aromatic carbocycles. The van der Waals surface area contributed by atoms with Gasteiger partial charge < -0.3 is 9.32 Å². The molecular formula is C20H31NO4S. The van der Waals surface area contributed by atoms with Gasteiger partial charge in [-0.2, -0.15) is 0 Å². The summed E-state index contributed by atoms with van der Waals surface area (Å²) < 4.78 is 29.3. The molecule has 1 atom stereocenters. The molecule has 3 rings (SSSR count). The largest absolute Gasteiger partial charge is 0.467 e. The minimum atomic E-state index is -3.03. The SMILES string of the molecule is CCCCC1CCC(C(=O)N(Cc2ccco2)[C@@H]2CCS(=O)(=O)C2)CC1. The second kappa shape index (κ2) is 8.59. The summed E-state index contributed by atoms with van der Waals surface area (Å²) >= 11 is 0. The number of unbranched alkanes of at least 4 members (excludes halogenated alkanes) is 1. The van der Waals surface area contributed by atoms with Crippen LogP contribution in [0.2, 0.25) is 0 Å². The Labute approximate surface area is 157 Å². The van der Waals surface area contributed by atoms with Crippen molar-refractivity contribution in [1.29, 1.82) is 0 Å². The molecule has 1 saturated heterocycles. The molecule has 2 aliphatic rings. The molecular weight excluding hydrogens is 350 g/mol. The van der Waals surface area contributed by atoms with E-state index in [9.17, 15) is 13.2 Å². The van der Waals surface area contributed by atoms with Crippen LogP contribution in [0.4, 0.5) is 0 Å². The van der Waals surface area contributed by atoms with Gasteiger partial charge in [0.15, 0.2) is 9.84 Å². The van der Waals surface area contributed by atoms with Crippen LogP contribution < -0.4 is 0 Å². The van der Waals surface area contributed by atoms with Crippen molar-refractivity contribution in [3.63, 3.8) is 0 Å². The first-order valence-electron chi connectivity index (χ1n) is 10.0. The van der Waals surface area contributed by atoms with Crippen molar-refractivity contribution in [2.75, 3.05) is 11.5 Å². The van der Waals surface area contributed by atoms with E-state index >= 15 is 0 Å². The van der Waals surface area contributed by atoms with Crippen LogP contribution in [0.25, 0.3) is 0 Å². The highest BCUT2D eigenvalue weighted by Crippen LogP contribution is 2.34. The van der Waals surface area contributed by atoms with E-state index in [1.54, 1.807) is 11.2 Å². The topological polar surface area (TPSA) is 67.6 Å². The molecule has 1 aromatic rings. The van der Waals surface area contributed by atoms with Gasteiger partial charge in [0.25, 0.3) is 0 Å². The van der Waals surface area contributed by atoms with E-state index in [4.69, 9.17) is 4.42 Å². The van der Waals surface area contributed by atoms with Crippen molar-refractivity contribution >= 4 is 15.7 Å². The van der Waals surface area contributed by atoms with Gasteiger partial charge in [-0.15, -0.1) is 0 Å². The Morgan fingerprint density at radius 3 is 2.58 bits per heavy atom. The molecule has 146 valence electrons. The van der Waals surface area contributed by atoms with E-state index in [-0.39, 0.29) is 29.4 Å². The Bertz CT molecular complexity index is 675. The summed E-state index contributed by atoms with van der Waals surface area (Å²) in [6.45, 7) is 2.60. The fraction of sp³-hybridized carbons (Fsp3) is 0.750. The lowest BCUT2D eigenvalue weighted by Crippen LogP contribution is -2.44. The first-order chi connectivity index (χ1) is 12.5.